The van der Waals surface area contributed by atoms with Crippen LogP contribution in [-0.2, 0) is 0 Å². The number of nitrogens with one attached hydrogen (secondary N) is 1. The molecule has 0 bridgehead atoms. The molecule has 2 heterocycles. The van der Waals surface area contributed by atoms with Crippen LogP contribution in [0.5, 0.6) is 0 Å². The first-order valence-electron chi connectivity index (χ1n) is 5.59. The van der Waals surface area contributed by atoms with Crippen molar-refractivity contribution in [2.75, 3.05) is 20.1 Å². The largest absolute Gasteiger partial charge is 0.477 e. The van der Waals surface area contributed by atoms with Crippen LogP contribution in [0.3, 0.4) is 0 Å². The summed E-state index contributed by atoms with van der Waals surface area (Å²) in [5.41, 5.74) is -0.872. The van der Waals surface area contributed by atoms with Gasteiger partial charge in [0.1, 0.15) is 11.4 Å². The van der Waals surface area contributed by atoms with Gasteiger partial charge in [0, 0.05) is 12.1 Å². The maximum atomic E-state index is 11.5. The predicted octanol–water partition coefficient (Wildman–Crippen LogP) is 0.277. The van der Waals surface area contributed by atoms with Crippen LogP contribution in [0.25, 0.3) is 0 Å². The van der Waals surface area contributed by atoms with Crippen LogP contribution in [0.2, 0.25) is 0 Å². The topological polar surface area (TPSA) is 86.3 Å². The van der Waals surface area contributed by atoms with Crippen LogP contribution >= 0.6 is 0 Å². The number of hydrogen-bond acceptors (Lipinski definition) is 4. The highest BCUT2D eigenvalue weighted by Crippen LogP contribution is 2.23. The molecule has 6 heteroatoms. The summed E-state index contributed by atoms with van der Waals surface area (Å²) >= 11 is 0. The highest BCUT2D eigenvalue weighted by molar-refractivity contribution is 5.86. The average Bonchev–Trinajstić information content (AvgIpc) is 2.29. The Morgan fingerprint density at radius 2 is 2.18 bits per heavy atom. The van der Waals surface area contributed by atoms with E-state index in [1.54, 1.807) is 0 Å². The van der Waals surface area contributed by atoms with Crippen molar-refractivity contribution in [1.29, 1.82) is 0 Å². The Morgan fingerprint density at radius 1 is 1.53 bits per heavy atom. The maximum Gasteiger partial charge on any atom is 0.342 e. The normalized spacial score (nSPS) is 18.2. The van der Waals surface area contributed by atoms with Crippen LogP contribution in [0, 0.1) is 0 Å². The number of nitrogens with zero attached hydrogens (tertiary/aromatic N) is 2. The van der Waals surface area contributed by atoms with Gasteiger partial charge in [0.2, 0.25) is 0 Å². The van der Waals surface area contributed by atoms with Crippen LogP contribution < -0.4 is 5.56 Å². The number of H-pyrrole nitrogens is 1. The van der Waals surface area contributed by atoms with Crippen LogP contribution in [-0.4, -0.2) is 46.1 Å². The molecule has 1 aliphatic heterocycles. The Morgan fingerprint density at radius 3 is 2.71 bits per heavy atom. The fraction of sp³-hybridized carbons (Fsp3) is 0.545. The lowest BCUT2D eigenvalue weighted by Crippen LogP contribution is -2.31. The highest BCUT2D eigenvalue weighted by atomic mass is 16.4. The lowest BCUT2D eigenvalue weighted by Gasteiger charge is -2.28. The summed E-state index contributed by atoms with van der Waals surface area (Å²) in [5.74, 6) is -0.413. The second-order valence-electron chi connectivity index (χ2n) is 4.39. The Balaban J connectivity index is 2.20. The zero-order valence-corrected chi connectivity index (χ0v) is 9.64. The number of carboxylic acids is 1. The van der Waals surface area contributed by atoms with E-state index in [2.05, 4.69) is 21.9 Å². The first-order chi connectivity index (χ1) is 8.08. The number of aromatic nitrogens is 2. The van der Waals surface area contributed by atoms with Crippen molar-refractivity contribution in [2.45, 2.75) is 18.8 Å². The van der Waals surface area contributed by atoms with Gasteiger partial charge in [0.05, 0.1) is 0 Å². The van der Waals surface area contributed by atoms with E-state index in [9.17, 15) is 9.59 Å². The zero-order valence-electron chi connectivity index (χ0n) is 9.64. The number of hydrogen-bond donors (Lipinski definition) is 2. The van der Waals surface area contributed by atoms with E-state index >= 15 is 0 Å². The molecule has 0 atom stereocenters. The minimum Gasteiger partial charge on any atom is -0.477 e. The predicted molar refractivity (Wildman–Crippen MR) is 61.3 cm³/mol. The number of aromatic carboxylic acids is 1. The molecule has 1 saturated heterocycles. The molecule has 0 radical (unpaired) electrons. The van der Waals surface area contributed by atoms with Crippen molar-refractivity contribution in [3.05, 3.63) is 27.9 Å². The van der Waals surface area contributed by atoms with Gasteiger partial charge in [-0.15, -0.1) is 0 Å². The number of aromatic amines is 1. The van der Waals surface area contributed by atoms with Gasteiger partial charge in [-0.3, -0.25) is 4.79 Å². The minimum atomic E-state index is -1.24. The van der Waals surface area contributed by atoms with Gasteiger partial charge >= 0.3 is 5.97 Å². The number of piperidine rings is 1. The van der Waals surface area contributed by atoms with Gasteiger partial charge in [0.25, 0.3) is 5.56 Å². The Bertz CT molecular complexity index is 475. The molecule has 1 fully saturated rings. The third-order valence-corrected chi connectivity index (χ3v) is 3.15. The lowest BCUT2D eigenvalue weighted by atomic mass is 9.96. The molecule has 6 nitrogen and oxygen atoms in total. The van der Waals surface area contributed by atoms with Gasteiger partial charge in [-0.05, 0) is 33.0 Å². The third-order valence-electron chi connectivity index (χ3n) is 3.15. The third kappa shape index (κ3) is 2.52. The first-order valence-corrected chi connectivity index (χ1v) is 5.59. The van der Waals surface area contributed by atoms with Gasteiger partial charge in [0.15, 0.2) is 0 Å². The fourth-order valence-electron chi connectivity index (χ4n) is 2.05. The van der Waals surface area contributed by atoms with Crippen LogP contribution in [0.15, 0.2) is 11.0 Å². The monoisotopic (exact) mass is 237 g/mol. The molecule has 17 heavy (non-hydrogen) atoms. The smallest absolute Gasteiger partial charge is 0.342 e. The number of rotatable bonds is 2. The molecule has 0 amide bonds. The van der Waals surface area contributed by atoms with E-state index in [1.165, 1.54) is 0 Å². The van der Waals surface area contributed by atoms with Crippen molar-refractivity contribution >= 4 is 5.97 Å². The van der Waals surface area contributed by atoms with Crippen molar-refractivity contribution in [2.24, 2.45) is 0 Å². The van der Waals surface area contributed by atoms with E-state index in [-0.39, 0.29) is 11.5 Å². The SMILES string of the molecule is CN1CCC(c2ncc(C(=O)O)c(=O)[nH]2)CC1. The average molecular weight is 237 g/mol. The minimum absolute atomic E-state index is 0.224. The molecule has 1 aliphatic rings. The summed E-state index contributed by atoms with van der Waals surface area (Å²) in [5, 5.41) is 8.73. The molecular weight excluding hydrogens is 222 g/mol. The molecule has 0 unspecified atom stereocenters. The summed E-state index contributed by atoms with van der Waals surface area (Å²) < 4.78 is 0. The van der Waals surface area contributed by atoms with Crippen molar-refractivity contribution < 1.29 is 9.90 Å². The van der Waals surface area contributed by atoms with E-state index in [4.69, 9.17) is 5.11 Å². The van der Waals surface area contributed by atoms with Gasteiger partial charge in [-0.2, -0.15) is 0 Å². The molecule has 2 rings (SSSR count). The van der Waals surface area contributed by atoms with E-state index < -0.39 is 11.5 Å². The summed E-state index contributed by atoms with van der Waals surface area (Å²) in [6.45, 7) is 1.93. The van der Waals surface area contributed by atoms with Crippen LogP contribution in [0.4, 0.5) is 0 Å². The first kappa shape index (κ1) is 11.8. The van der Waals surface area contributed by atoms with Crippen molar-refractivity contribution in [3.63, 3.8) is 0 Å². The molecule has 0 aliphatic carbocycles. The van der Waals surface area contributed by atoms with Crippen molar-refractivity contribution in [3.8, 4) is 0 Å². The van der Waals surface area contributed by atoms with E-state index in [0.29, 0.717) is 5.82 Å². The molecule has 2 N–H and O–H groups in total. The molecular formula is C11H15N3O3. The molecule has 1 aromatic heterocycles. The molecule has 0 saturated carbocycles. The number of carbonyl (C=O) groups is 1. The van der Waals surface area contributed by atoms with Crippen molar-refractivity contribution in [1.82, 2.24) is 14.9 Å². The molecule has 0 spiro atoms. The summed E-state index contributed by atoms with van der Waals surface area (Å²) in [7, 11) is 2.06. The maximum absolute atomic E-state index is 11.5. The summed E-state index contributed by atoms with van der Waals surface area (Å²) in [6.07, 6.45) is 3.02. The molecule has 1 aromatic rings. The van der Waals surface area contributed by atoms with Gasteiger partial charge in [-0.1, -0.05) is 0 Å². The fourth-order valence-corrected chi connectivity index (χ4v) is 2.05. The Labute approximate surface area is 98.3 Å². The highest BCUT2D eigenvalue weighted by Gasteiger charge is 2.21. The Kier molecular flexibility index (Phi) is 3.23. The number of carboxylic acid groups (broad SMARTS) is 1. The zero-order chi connectivity index (χ0) is 12.4. The van der Waals surface area contributed by atoms with Gasteiger partial charge in [-0.25, -0.2) is 9.78 Å². The standard InChI is InChI=1S/C11H15N3O3/c1-14-4-2-7(3-5-14)9-12-6-8(11(16)17)10(15)13-9/h6-7H,2-5H2,1H3,(H,16,17)(H,12,13,15). The second-order valence-corrected chi connectivity index (χ2v) is 4.39. The number of likely N-dealkylation sites (tertiary alicyclic amines) is 1. The summed E-state index contributed by atoms with van der Waals surface area (Å²) in [6, 6.07) is 0. The molecule has 92 valence electrons. The quantitative estimate of drug-likeness (QED) is 0.771. The van der Waals surface area contributed by atoms with Gasteiger partial charge < -0.3 is 15.0 Å². The lowest BCUT2D eigenvalue weighted by molar-refractivity contribution is 0.0694. The molecule has 0 aromatic carbocycles. The van der Waals surface area contributed by atoms with E-state index in [1.807, 2.05) is 0 Å². The van der Waals surface area contributed by atoms with E-state index in [0.717, 1.165) is 32.1 Å². The second kappa shape index (κ2) is 4.67. The summed E-state index contributed by atoms with van der Waals surface area (Å²) in [4.78, 5) is 31.0. The van der Waals surface area contributed by atoms with Crippen LogP contribution in [0.1, 0.15) is 34.9 Å². The Hall–Kier alpha value is -1.69.